The first-order valence-electron chi connectivity index (χ1n) is 20.2. The summed E-state index contributed by atoms with van der Waals surface area (Å²) in [7, 11) is -3.45. The zero-order valence-corrected chi connectivity index (χ0v) is 40.5. The van der Waals surface area contributed by atoms with Gasteiger partial charge in [0, 0.05) is 55.3 Å². The number of halogens is 3. The van der Waals surface area contributed by atoms with E-state index in [-0.39, 0.29) is 17.9 Å². The van der Waals surface area contributed by atoms with Crippen molar-refractivity contribution in [2.24, 2.45) is 0 Å². The Bertz CT molecular complexity index is 2100. The number of alkyl carbamates (subject to hydrolysis) is 1. The van der Waals surface area contributed by atoms with Crippen molar-refractivity contribution in [3.05, 3.63) is 40.2 Å². The summed E-state index contributed by atoms with van der Waals surface area (Å²) in [5.41, 5.74) is 0.227. The van der Waals surface area contributed by atoms with Gasteiger partial charge in [-0.05, 0) is 24.6 Å². The first-order chi connectivity index (χ1) is 29.6. The van der Waals surface area contributed by atoms with Crippen LogP contribution in [0.5, 0.6) is 5.75 Å². The third-order valence-corrected chi connectivity index (χ3v) is 15.9. The summed E-state index contributed by atoms with van der Waals surface area (Å²) in [6, 6.07) is 4.58. The largest absolute Gasteiger partial charge is 0.463 e. The van der Waals surface area contributed by atoms with Crippen LogP contribution in [0.1, 0.15) is 74.8 Å². The Balaban J connectivity index is 1.70. The highest BCUT2D eigenvalue weighted by Gasteiger charge is 2.66. The number of amides is 1. The molecule has 2 aromatic rings. The molecule has 3 fully saturated rings. The highest BCUT2D eigenvalue weighted by molar-refractivity contribution is 6.73. The van der Waals surface area contributed by atoms with Gasteiger partial charge in [-0.1, -0.05) is 76.3 Å². The number of hydrogen-bond acceptors (Lipinski definition) is 18. The first kappa shape index (κ1) is 51.3. The van der Waals surface area contributed by atoms with Gasteiger partial charge in [0.15, 0.2) is 24.6 Å². The summed E-state index contributed by atoms with van der Waals surface area (Å²) in [5.74, 6) is -3.22. The monoisotopic (exact) mass is 981 g/mol. The van der Waals surface area contributed by atoms with E-state index in [2.05, 4.69) is 5.32 Å². The van der Waals surface area contributed by atoms with Crippen molar-refractivity contribution in [1.29, 1.82) is 0 Å². The highest BCUT2D eigenvalue weighted by atomic mass is 35.6. The molecule has 64 heavy (non-hydrogen) atoms. The lowest BCUT2D eigenvalue weighted by Crippen LogP contribution is -2.75. The average molecular weight is 983 g/mol. The van der Waals surface area contributed by atoms with E-state index in [1.165, 1.54) is 12.1 Å². The third-order valence-electron chi connectivity index (χ3n) is 10.4. The van der Waals surface area contributed by atoms with Gasteiger partial charge in [-0.15, -0.1) is 0 Å². The summed E-state index contributed by atoms with van der Waals surface area (Å²) in [6.45, 7) is 16.6. The van der Waals surface area contributed by atoms with Gasteiger partial charge in [0.25, 0.3) is 0 Å². The molecule has 0 unspecified atom stereocenters. The number of ether oxygens (including phenoxy) is 9. The van der Waals surface area contributed by atoms with Crippen molar-refractivity contribution in [2.45, 2.75) is 151 Å². The number of hydrogen-bond donors (Lipinski definition) is 1. The molecule has 10 atom stereocenters. The van der Waals surface area contributed by atoms with Crippen molar-refractivity contribution in [2.75, 3.05) is 19.8 Å². The molecular weight excluding hydrogens is 929 g/mol. The van der Waals surface area contributed by atoms with Crippen LogP contribution in [0.4, 0.5) is 4.79 Å². The molecular formula is C41H54Cl3NO18Si. The zero-order valence-electron chi connectivity index (χ0n) is 37.2. The Morgan fingerprint density at radius 2 is 1.39 bits per heavy atom. The topological polar surface area (TPSA) is 229 Å². The van der Waals surface area contributed by atoms with E-state index in [1.54, 1.807) is 19.1 Å². The zero-order chi connectivity index (χ0) is 47.7. The summed E-state index contributed by atoms with van der Waals surface area (Å²) in [6.07, 6.45) is -14.2. The molecule has 19 nitrogen and oxygen atoms in total. The van der Waals surface area contributed by atoms with Crippen molar-refractivity contribution < 1.29 is 79.9 Å². The van der Waals surface area contributed by atoms with Gasteiger partial charge in [0.2, 0.25) is 10.1 Å². The summed E-state index contributed by atoms with van der Waals surface area (Å²) in [5, 5.41) is 2.10. The Kier molecular flexibility index (Phi) is 16.0. The summed E-state index contributed by atoms with van der Waals surface area (Å²) >= 11 is 17.8. The maximum absolute atomic E-state index is 13.7. The van der Waals surface area contributed by atoms with Crippen LogP contribution in [-0.4, -0.2) is 123 Å². The van der Waals surface area contributed by atoms with Gasteiger partial charge in [0.1, 0.15) is 55.0 Å². The maximum Gasteiger partial charge on any atom is 0.407 e. The lowest BCUT2D eigenvalue weighted by atomic mass is 9.95. The molecule has 356 valence electrons. The van der Waals surface area contributed by atoms with E-state index in [0.29, 0.717) is 10.9 Å². The number of carbonyl (C=O) groups excluding carboxylic acids is 5. The smallest absolute Gasteiger partial charge is 0.407 e. The lowest BCUT2D eigenvalue weighted by molar-refractivity contribution is -0.344. The van der Waals surface area contributed by atoms with Crippen molar-refractivity contribution in [1.82, 2.24) is 5.32 Å². The van der Waals surface area contributed by atoms with Crippen LogP contribution in [0.3, 0.4) is 0 Å². The quantitative estimate of drug-likeness (QED) is 0.0950. The molecule has 0 saturated carbocycles. The molecule has 0 aliphatic carbocycles. The van der Waals surface area contributed by atoms with E-state index < -0.39 is 133 Å². The van der Waals surface area contributed by atoms with Gasteiger partial charge in [-0.3, -0.25) is 19.2 Å². The Morgan fingerprint density at radius 1 is 0.781 bits per heavy atom. The van der Waals surface area contributed by atoms with Crippen molar-refractivity contribution in [3.63, 3.8) is 0 Å². The number of aryl methyl sites for hydroxylation is 1. The summed E-state index contributed by atoms with van der Waals surface area (Å²) in [4.78, 5) is 76.2. The molecule has 23 heteroatoms. The second-order valence-corrected chi connectivity index (χ2v) is 24.9. The minimum absolute atomic E-state index is 0.0695. The SMILES string of the molecule is CC(=O)OC[C@H]1O[C@@H](O[C@@H]2[C@@H](NC(=O)OCC(Cl)(Cl)Cl)[C@@H](Oc3ccc4c(C)cc(=O)oc4c3)O[C@@H]3CO[Si](C(C)(C)C)(C(C)(C)C)O[C@H]23)[C@H](OC(C)=O)[C@@H](OC(C)=O)[C@H]1OC(C)=O. The van der Waals surface area contributed by atoms with Gasteiger partial charge >= 0.3 is 44.2 Å². The molecule has 5 rings (SSSR count). The minimum atomic E-state index is -3.45. The Labute approximate surface area is 385 Å². The van der Waals surface area contributed by atoms with E-state index >= 15 is 0 Å². The first-order valence-corrected chi connectivity index (χ1v) is 23.2. The Hall–Kier alpha value is -3.73. The van der Waals surface area contributed by atoms with Crippen molar-refractivity contribution in [3.8, 4) is 5.75 Å². The van der Waals surface area contributed by atoms with Crippen LogP contribution in [-0.2, 0) is 65.9 Å². The fraction of sp³-hybridized carbons (Fsp3) is 0.659. The third kappa shape index (κ3) is 12.2. The van der Waals surface area contributed by atoms with Gasteiger partial charge < -0.3 is 61.2 Å². The minimum Gasteiger partial charge on any atom is -0.463 e. The van der Waals surface area contributed by atoms with Gasteiger partial charge in [0.05, 0.1) is 6.61 Å². The number of carbonyl (C=O) groups is 5. The van der Waals surface area contributed by atoms with E-state index in [1.807, 2.05) is 41.5 Å². The second kappa shape index (κ2) is 20.0. The van der Waals surface area contributed by atoms with Crippen LogP contribution in [0.2, 0.25) is 10.1 Å². The maximum atomic E-state index is 13.7. The van der Waals surface area contributed by atoms with Crippen LogP contribution in [0, 0.1) is 6.92 Å². The Morgan fingerprint density at radius 3 is 1.97 bits per heavy atom. The lowest BCUT2D eigenvalue weighted by Gasteiger charge is -2.58. The van der Waals surface area contributed by atoms with Crippen molar-refractivity contribution >= 4 is 84.3 Å². The fourth-order valence-electron chi connectivity index (χ4n) is 8.22. The predicted molar refractivity (Wildman–Crippen MR) is 228 cm³/mol. The molecule has 3 aliphatic heterocycles. The van der Waals surface area contributed by atoms with E-state index in [9.17, 15) is 28.8 Å². The second-order valence-electron chi connectivity index (χ2n) is 17.6. The number of benzene rings is 1. The standard InChI is InChI=1S/C41H54Cl3NO18Si/c1-19-14-29(50)59-26-15-24(12-13-25(19)26)58-36-30(45-38(51)53-18-41(42,43)44)33(32-28(60-36)17-54-64(63-32,39(6,7)8)40(9,10)11)62-37-35(57-23(5)49)34(56-22(4)48)31(55-21(3)47)27(61-37)16-52-20(2)46/h12-15,27-28,30-37H,16-18H2,1-11H3,(H,45,51)/t27-,28-,30-,31+,32+,33-,34+,35-,36+,37+/m1/s1. The fourth-order valence-corrected chi connectivity index (χ4v) is 13.3. The molecule has 1 aromatic carbocycles. The van der Waals surface area contributed by atoms with Crippen LogP contribution in [0.15, 0.2) is 33.5 Å². The number of esters is 4. The molecule has 3 saturated heterocycles. The molecule has 4 heterocycles. The van der Waals surface area contributed by atoms with Crippen LogP contribution >= 0.6 is 34.8 Å². The molecule has 0 spiro atoms. The van der Waals surface area contributed by atoms with Gasteiger partial charge in [-0.2, -0.15) is 0 Å². The van der Waals surface area contributed by atoms with Crippen LogP contribution < -0.4 is 15.7 Å². The highest BCUT2D eigenvalue weighted by Crippen LogP contribution is 2.55. The van der Waals surface area contributed by atoms with Gasteiger partial charge in [-0.25, -0.2) is 9.59 Å². The molecule has 0 bridgehead atoms. The summed E-state index contributed by atoms with van der Waals surface area (Å²) < 4.78 is 71.2. The average Bonchev–Trinajstić information content (AvgIpc) is 3.14. The molecule has 1 amide bonds. The normalized spacial score (nSPS) is 28.2. The van der Waals surface area contributed by atoms with E-state index in [4.69, 9.17) is 90.7 Å². The number of fused-ring (bicyclic) bond motifs is 2. The number of alkyl halides is 3. The molecule has 1 aromatic heterocycles. The number of nitrogens with one attached hydrogen (secondary N) is 1. The van der Waals surface area contributed by atoms with Crippen LogP contribution in [0.25, 0.3) is 11.0 Å². The predicted octanol–water partition coefficient (Wildman–Crippen LogP) is 5.60. The van der Waals surface area contributed by atoms with E-state index in [0.717, 1.165) is 27.7 Å². The molecule has 1 N–H and O–H groups in total. The molecule has 3 aliphatic rings. The number of rotatable bonds is 11. The molecule has 0 radical (unpaired) electrons.